The molecule has 0 amide bonds. The Kier molecular flexibility index (Phi) is 6.13. The van der Waals surface area contributed by atoms with Gasteiger partial charge >= 0.3 is 0 Å². The number of carbonyl (C=O) groups is 2. The summed E-state index contributed by atoms with van der Waals surface area (Å²) in [5, 5.41) is 22.6. The molecule has 4 nitrogen and oxygen atoms in total. The van der Waals surface area contributed by atoms with E-state index in [2.05, 4.69) is 34.6 Å². The lowest BCUT2D eigenvalue weighted by Gasteiger charge is -2.67. The molecular formula is C25H42O4. The van der Waals surface area contributed by atoms with Gasteiger partial charge < -0.3 is 15.0 Å². The Balaban J connectivity index is 0.000000552. The summed E-state index contributed by atoms with van der Waals surface area (Å²) in [4.78, 5) is 21.4. The number of carbonyl (C=O) groups excluding carboxylic acids is 2. The zero-order chi connectivity index (χ0) is 21.8. The number of hydrogen-bond acceptors (Lipinski definition) is 4. The van der Waals surface area contributed by atoms with Gasteiger partial charge in [-0.2, -0.15) is 0 Å². The number of aliphatic hydroxyl groups excluding tert-OH is 1. The van der Waals surface area contributed by atoms with Crippen LogP contribution in [0, 0.1) is 46.3 Å². The van der Waals surface area contributed by atoms with E-state index in [1.54, 1.807) is 0 Å². The zero-order valence-corrected chi connectivity index (χ0v) is 19.3. The van der Waals surface area contributed by atoms with E-state index in [1.165, 1.54) is 0 Å². The van der Waals surface area contributed by atoms with Crippen molar-refractivity contribution in [3.05, 3.63) is 0 Å². The second-order valence-electron chi connectivity index (χ2n) is 11.3. The molecular weight excluding hydrogens is 364 g/mol. The van der Waals surface area contributed by atoms with Crippen LogP contribution in [0.4, 0.5) is 0 Å². The fraction of sp³-hybridized carbons (Fsp3) is 0.920. The van der Waals surface area contributed by atoms with Crippen molar-refractivity contribution in [2.75, 3.05) is 0 Å². The molecule has 0 aliphatic heterocycles. The van der Waals surface area contributed by atoms with Crippen molar-refractivity contribution < 1.29 is 19.8 Å². The summed E-state index contributed by atoms with van der Waals surface area (Å²) in [7, 11) is 0. The molecule has 166 valence electrons. The first kappa shape index (κ1) is 22.9. The minimum Gasteiger partial charge on any atom is -0.392 e. The predicted molar refractivity (Wildman–Crippen MR) is 114 cm³/mol. The highest BCUT2D eigenvalue weighted by Gasteiger charge is 2.69. The molecule has 4 fully saturated rings. The summed E-state index contributed by atoms with van der Waals surface area (Å²) >= 11 is 0. The van der Waals surface area contributed by atoms with Gasteiger partial charge in [0.1, 0.15) is 12.1 Å². The first-order valence-electron chi connectivity index (χ1n) is 11.8. The molecule has 4 aliphatic carbocycles. The van der Waals surface area contributed by atoms with Crippen LogP contribution in [-0.2, 0) is 9.59 Å². The molecule has 0 bridgehead atoms. The van der Waals surface area contributed by atoms with E-state index in [-0.39, 0.29) is 28.6 Å². The maximum Gasteiger partial charge on any atom is 0.135 e. The summed E-state index contributed by atoms with van der Waals surface area (Å²) in [5.41, 5.74) is -0.972. The molecule has 0 aromatic heterocycles. The molecule has 0 aromatic carbocycles. The minimum atomic E-state index is -0.848. The van der Waals surface area contributed by atoms with Gasteiger partial charge in [-0.25, -0.2) is 0 Å². The summed E-state index contributed by atoms with van der Waals surface area (Å²) in [6, 6.07) is 0. The van der Waals surface area contributed by atoms with E-state index in [1.807, 2.05) is 6.92 Å². The molecule has 0 spiro atoms. The molecule has 0 heterocycles. The Labute approximate surface area is 176 Å². The third-order valence-electron chi connectivity index (χ3n) is 10.1. The zero-order valence-electron chi connectivity index (χ0n) is 19.3. The summed E-state index contributed by atoms with van der Waals surface area (Å²) in [5.74, 6) is 2.74. The fourth-order valence-electron chi connectivity index (χ4n) is 8.18. The molecule has 4 heteroatoms. The molecule has 0 saturated heterocycles. The average Bonchev–Trinajstić information content (AvgIpc) is 2.92. The number of aliphatic hydroxyl groups is 2. The van der Waals surface area contributed by atoms with Crippen LogP contribution in [0.15, 0.2) is 0 Å². The van der Waals surface area contributed by atoms with E-state index in [9.17, 15) is 19.8 Å². The van der Waals surface area contributed by atoms with E-state index in [0.717, 1.165) is 32.0 Å². The lowest BCUT2D eigenvalue weighted by atomic mass is 9.39. The van der Waals surface area contributed by atoms with Crippen LogP contribution in [-0.4, -0.2) is 34.0 Å². The highest BCUT2D eigenvalue weighted by Crippen LogP contribution is 2.70. The van der Waals surface area contributed by atoms with E-state index < -0.39 is 5.60 Å². The maximum atomic E-state index is 12.2. The lowest BCUT2D eigenvalue weighted by molar-refractivity contribution is -0.246. The molecule has 0 aromatic rings. The molecule has 9 unspecified atom stereocenters. The second-order valence-corrected chi connectivity index (χ2v) is 11.3. The van der Waals surface area contributed by atoms with Crippen LogP contribution in [0.1, 0.15) is 86.5 Å². The Morgan fingerprint density at radius 1 is 1.14 bits per heavy atom. The highest BCUT2D eigenvalue weighted by molar-refractivity contribution is 5.81. The third-order valence-corrected chi connectivity index (χ3v) is 10.1. The maximum absolute atomic E-state index is 12.2. The van der Waals surface area contributed by atoms with E-state index >= 15 is 0 Å². The Morgan fingerprint density at radius 3 is 2.34 bits per heavy atom. The lowest BCUT2D eigenvalue weighted by Crippen LogP contribution is -2.68. The molecule has 10 atom stereocenters. The van der Waals surface area contributed by atoms with Gasteiger partial charge in [0.15, 0.2) is 0 Å². The molecule has 4 aliphatic rings. The molecule has 2 N–H and O–H groups in total. The number of ketones is 1. The topological polar surface area (TPSA) is 74.6 Å². The van der Waals surface area contributed by atoms with Crippen LogP contribution in [0.5, 0.6) is 0 Å². The summed E-state index contributed by atoms with van der Waals surface area (Å²) in [6.07, 6.45) is 6.40. The quantitative estimate of drug-likeness (QED) is 0.633. The first-order chi connectivity index (χ1) is 13.5. The van der Waals surface area contributed by atoms with Gasteiger partial charge in [-0.05, 0) is 66.6 Å². The molecule has 0 radical (unpaired) electrons. The van der Waals surface area contributed by atoms with E-state index in [4.69, 9.17) is 0 Å². The van der Waals surface area contributed by atoms with Crippen molar-refractivity contribution >= 4 is 12.1 Å². The van der Waals surface area contributed by atoms with Crippen LogP contribution in [0.2, 0.25) is 0 Å². The minimum absolute atomic E-state index is 0.0326. The number of fused-ring (bicyclic) bond motifs is 5. The van der Waals surface area contributed by atoms with Crippen molar-refractivity contribution in [2.45, 2.75) is 98.2 Å². The van der Waals surface area contributed by atoms with Crippen molar-refractivity contribution in [2.24, 2.45) is 46.3 Å². The number of Topliss-reactive ketones (excluding diaryl/α,β-unsaturated/α-hetero) is 1. The van der Waals surface area contributed by atoms with Crippen molar-refractivity contribution in [1.29, 1.82) is 0 Å². The Morgan fingerprint density at radius 2 is 1.76 bits per heavy atom. The smallest absolute Gasteiger partial charge is 0.135 e. The van der Waals surface area contributed by atoms with Crippen molar-refractivity contribution in [1.82, 2.24) is 0 Å². The average molecular weight is 407 g/mol. The standard InChI is InChI=1S/C22H36O3.C3H6O/c1-12-10-17-18-13(2)14(3)22(25)11-15(23)6-9-21(22,5)16(18)7-8-20(17,4)19(12)24;1-2-3-4/h12-14,16-19,24-25H,6-11H2,1-5H3;3H,2H2,1H3/t12?,13?,14-,16?,17?,18?,19?,20?,21?,22?;/m1./s1. The fourth-order valence-corrected chi connectivity index (χ4v) is 8.18. The summed E-state index contributed by atoms with van der Waals surface area (Å²) in [6.45, 7) is 13.1. The van der Waals surface area contributed by atoms with Crippen LogP contribution >= 0.6 is 0 Å². The normalized spacial score (nSPS) is 53.8. The SMILES string of the molecule is CC1CC2C3C(C)[C@@H](C)C4(O)CC(=O)CCC4(C)C3CCC2(C)C1O.CCC=O. The molecule has 29 heavy (non-hydrogen) atoms. The number of hydrogen-bond donors (Lipinski definition) is 2. The van der Waals surface area contributed by atoms with Gasteiger partial charge in [0.25, 0.3) is 0 Å². The summed E-state index contributed by atoms with van der Waals surface area (Å²) < 4.78 is 0. The van der Waals surface area contributed by atoms with Gasteiger partial charge in [0, 0.05) is 24.7 Å². The van der Waals surface area contributed by atoms with Crippen LogP contribution in [0.3, 0.4) is 0 Å². The largest absolute Gasteiger partial charge is 0.392 e. The first-order valence-corrected chi connectivity index (χ1v) is 11.8. The van der Waals surface area contributed by atoms with Crippen molar-refractivity contribution in [3.8, 4) is 0 Å². The van der Waals surface area contributed by atoms with Gasteiger partial charge in [-0.3, -0.25) is 4.79 Å². The van der Waals surface area contributed by atoms with Gasteiger partial charge in [-0.15, -0.1) is 0 Å². The van der Waals surface area contributed by atoms with Crippen molar-refractivity contribution in [3.63, 3.8) is 0 Å². The van der Waals surface area contributed by atoms with Crippen LogP contribution in [0.25, 0.3) is 0 Å². The Bertz CT molecular complexity index is 647. The number of aldehydes is 1. The van der Waals surface area contributed by atoms with Gasteiger partial charge in [-0.1, -0.05) is 41.5 Å². The van der Waals surface area contributed by atoms with Crippen LogP contribution < -0.4 is 0 Å². The second kappa shape index (κ2) is 7.75. The predicted octanol–water partition coefficient (Wildman–Crippen LogP) is 4.41. The molecule has 4 saturated carbocycles. The van der Waals surface area contributed by atoms with Gasteiger partial charge in [0.2, 0.25) is 0 Å². The number of rotatable bonds is 1. The monoisotopic (exact) mass is 406 g/mol. The highest BCUT2D eigenvalue weighted by atomic mass is 16.3. The molecule has 4 rings (SSSR count). The Hall–Kier alpha value is -0.740. The van der Waals surface area contributed by atoms with E-state index in [0.29, 0.717) is 48.9 Å². The van der Waals surface area contributed by atoms with Gasteiger partial charge in [0.05, 0.1) is 11.7 Å². The third kappa shape index (κ3) is 3.15.